The van der Waals surface area contributed by atoms with Crippen LogP contribution < -0.4 is 10.1 Å². The summed E-state index contributed by atoms with van der Waals surface area (Å²) in [5, 5.41) is 2.77. The Morgan fingerprint density at radius 1 is 1.35 bits per heavy atom. The molecule has 0 heterocycles. The van der Waals surface area contributed by atoms with Gasteiger partial charge in [-0.15, -0.1) is 0 Å². The van der Waals surface area contributed by atoms with Crippen LogP contribution in [0.25, 0.3) is 0 Å². The molecule has 0 saturated carbocycles. The predicted molar refractivity (Wildman–Crippen MR) is 75.4 cm³/mol. The maximum absolute atomic E-state index is 11.4. The molecule has 94 valence electrons. The number of carbonyl (C=O) groups excluding carboxylic acids is 1. The Morgan fingerprint density at radius 2 is 1.88 bits per heavy atom. The number of nitrogens with one attached hydrogen (secondary N) is 1. The number of hydrogen-bond acceptors (Lipinski definition) is 2. The number of ether oxygens (including phenoxy) is 1. The minimum atomic E-state index is -0.126. The van der Waals surface area contributed by atoms with Gasteiger partial charge in [0.05, 0.1) is 8.95 Å². The van der Waals surface area contributed by atoms with Crippen LogP contribution in [-0.4, -0.2) is 18.6 Å². The lowest BCUT2D eigenvalue weighted by molar-refractivity contribution is -0.123. The van der Waals surface area contributed by atoms with Gasteiger partial charge in [-0.3, -0.25) is 4.79 Å². The van der Waals surface area contributed by atoms with Crippen molar-refractivity contribution in [1.29, 1.82) is 0 Å². The van der Waals surface area contributed by atoms with Crippen LogP contribution in [0.3, 0.4) is 0 Å². The molecule has 0 aliphatic carbocycles. The first kappa shape index (κ1) is 14.5. The quantitative estimate of drug-likeness (QED) is 0.888. The topological polar surface area (TPSA) is 38.3 Å². The number of hydrogen-bond donors (Lipinski definition) is 1. The summed E-state index contributed by atoms with van der Waals surface area (Å²) in [6.45, 7) is 5.83. The molecule has 5 heteroatoms. The van der Waals surface area contributed by atoms with Gasteiger partial charge in [-0.2, -0.15) is 0 Å². The van der Waals surface area contributed by atoms with E-state index in [0.29, 0.717) is 5.75 Å². The first-order valence-electron chi connectivity index (χ1n) is 5.28. The van der Waals surface area contributed by atoms with Gasteiger partial charge in [0.1, 0.15) is 5.75 Å². The Kier molecular flexibility index (Phi) is 5.46. The van der Waals surface area contributed by atoms with Gasteiger partial charge in [-0.1, -0.05) is 0 Å². The fourth-order valence-corrected chi connectivity index (χ4v) is 2.97. The van der Waals surface area contributed by atoms with Crippen molar-refractivity contribution in [3.05, 3.63) is 26.6 Å². The number of amides is 1. The Hall–Kier alpha value is -0.550. The molecule has 0 aliphatic heterocycles. The SMILES string of the molecule is Cc1cc(Br)c(OCC(=O)NC(C)C)c(Br)c1. The van der Waals surface area contributed by atoms with E-state index in [2.05, 4.69) is 37.2 Å². The molecule has 1 rings (SSSR count). The number of carbonyl (C=O) groups is 1. The molecular formula is C12H15Br2NO2. The minimum Gasteiger partial charge on any atom is -0.481 e. The van der Waals surface area contributed by atoms with Crippen LogP contribution in [-0.2, 0) is 4.79 Å². The van der Waals surface area contributed by atoms with Crippen LogP contribution in [0, 0.1) is 6.92 Å². The molecule has 0 spiro atoms. The highest BCUT2D eigenvalue weighted by molar-refractivity contribution is 9.11. The average Bonchev–Trinajstić information content (AvgIpc) is 2.14. The molecule has 0 saturated heterocycles. The van der Waals surface area contributed by atoms with Crippen molar-refractivity contribution < 1.29 is 9.53 Å². The monoisotopic (exact) mass is 363 g/mol. The van der Waals surface area contributed by atoms with Gasteiger partial charge in [-0.05, 0) is 70.3 Å². The minimum absolute atomic E-state index is 0.0123. The lowest BCUT2D eigenvalue weighted by atomic mass is 10.2. The summed E-state index contributed by atoms with van der Waals surface area (Å²) < 4.78 is 7.15. The van der Waals surface area contributed by atoms with Crippen molar-refractivity contribution in [2.24, 2.45) is 0 Å². The Bertz CT molecular complexity index is 396. The Morgan fingerprint density at radius 3 is 2.35 bits per heavy atom. The molecule has 3 nitrogen and oxygen atoms in total. The van der Waals surface area contributed by atoms with E-state index in [4.69, 9.17) is 4.74 Å². The molecule has 0 bridgehead atoms. The molecule has 1 N–H and O–H groups in total. The van der Waals surface area contributed by atoms with Gasteiger partial charge in [0, 0.05) is 6.04 Å². The second-order valence-electron chi connectivity index (χ2n) is 4.07. The number of rotatable bonds is 4. The van der Waals surface area contributed by atoms with Gasteiger partial charge >= 0.3 is 0 Å². The zero-order valence-corrected chi connectivity index (χ0v) is 13.2. The van der Waals surface area contributed by atoms with Gasteiger partial charge in [0.15, 0.2) is 6.61 Å². The summed E-state index contributed by atoms with van der Waals surface area (Å²) >= 11 is 6.82. The second-order valence-corrected chi connectivity index (χ2v) is 5.78. The van der Waals surface area contributed by atoms with Crippen molar-refractivity contribution in [1.82, 2.24) is 5.32 Å². The summed E-state index contributed by atoms with van der Waals surface area (Å²) in [7, 11) is 0. The van der Waals surface area contributed by atoms with Crippen LogP contribution in [0.15, 0.2) is 21.1 Å². The molecule has 0 unspecified atom stereocenters. The third-order valence-electron chi connectivity index (χ3n) is 1.94. The van der Waals surface area contributed by atoms with Crippen LogP contribution in [0.5, 0.6) is 5.75 Å². The van der Waals surface area contributed by atoms with Crippen LogP contribution in [0.2, 0.25) is 0 Å². The standard InChI is InChI=1S/C12H15Br2NO2/c1-7(2)15-11(16)6-17-12-9(13)4-8(3)5-10(12)14/h4-5,7H,6H2,1-3H3,(H,15,16). The van der Waals surface area contributed by atoms with Crippen molar-refractivity contribution in [3.8, 4) is 5.75 Å². The first-order valence-corrected chi connectivity index (χ1v) is 6.86. The average molecular weight is 365 g/mol. The molecule has 0 aromatic heterocycles. The maximum Gasteiger partial charge on any atom is 0.258 e. The largest absolute Gasteiger partial charge is 0.481 e. The highest BCUT2D eigenvalue weighted by Crippen LogP contribution is 2.34. The van der Waals surface area contributed by atoms with Gasteiger partial charge < -0.3 is 10.1 Å². The van der Waals surface area contributed by atoms with Crippen molar-refractivity contribution in [2.45, 2.75) is 26.8 Å². The first-order chi connectivity index (χ1) is 7.90. The van der Waals surface area contributed by atoms with E-state index in [1.165, 1.54) is 0 Å². The molecule has 0 fully saturated rings. The summed E-state index contributed by atoms with van der Waals surface area (Å²) in [6.07, 6.45) is 0. The molecular weight excluding hydrogens is 350 g/mol. The Balaban J connectivity index is 2.67. The van der Waals surface area contributed by atoms with Crippen LogP contribution in [0.1, 0.15) is 19.4 Å². The third-order valence-corrected chi connectivity index (χ3v) is 3.12. The van der Waals surface area contributed by atoms with E-state index in [1.54, 1.807) is 0 Å². The molecule has 1 aromatic carbocycles. The molecule has 0 radical (unpaired) electrons. The van der Waals surface area contributed by atoms with Crippen molar-refractivity contribution in [2.75, 3.05) is 6.61 Å². The van der Waals surface area contributed by atoms with E-state index in [9.17, 15) is 4.79 Å². The van der Waals surface area contributed by atoms with Gasteiger partial charge in [0.25, 0.3) is 5.91 Å². The molecule has 0 atom stereocenters. The lowest BCUT2D eigenvalue weighted by Gasteiger charge is -2.12. The number of halogens is 2. The molecule has 1 aromatic rings. The summed E-state index contributed by atoms with van der Waals surface area (Å²) in [5.74, 6) is 0.522. The summed E-state index contributed by atoms with van der Waals surface area (Å²) in [6, 6.07) is 4.01. The molecule has 17 heavy (non-hydrogen) atoms. The lowest BCUT2D eigenvalue weighted by Crippen LogP contribution is -2.34. The molecule has 1 amide bonds. The fourth-order valence-electron chi connectivity index (χ4n) is 1.33. The highest BCUT2D eigenvalue weighted by atomic mass is 79.9. The highest BCUT2D eigenvalue weighted by Gasteiger charge is 2.10. The zero-order valence-electron chi connectivity index (χ0n) is 10.0. The van der Waals surface area contributed by atoms with Crippen LogP contribution in [0.4, 0.5) is 0 Å². The van der Waals surface area contributed by atoms with Crippen molar-refractivity contribution in [3.63, 3.8) is 0 Å². The number of benzene rings is 1. The van der Waals surface area contributed by atoms with E-state index in [1.807, 2.05) is 32.9 Å². The second kappa shape index (κ2) is 6.40. The predicted octanol–water partition coefficient (Wildman–Crippen LogP) is 3.42. The van der Waals surface area contributed by atoms with E-state index in [0.717, 1.165) is 14.5 Å². The fraction of sp³-hybridized carbons (Fsp3) is 0.417. The Labute approximate surface area is 118 Å². The van der Waals surface area contributed by atoms with Gasteiger partial charge in [0.2, 0.25) is 0 Å². The summed E-state index contributed by atoms with van der Waals surface area (Å²) in [4.78, 5) is 11.4. The van der Waals surface area contributed by atoms with E-state index >= 15 is 0 Å². The number of aryl methyl sites for hydroxylation is 1. The van der Waals surface area contributed by atoms with E-state index < -0.39 is 0 Å². The molecule has 0 aliphatic rings. The van der Waals surface area contributed by atoms with Gasteiger partial charge in [-0.25, -0.2) is 0 Å². The summed E-state index contributed by atoms with van der Waals surface area (Å²) in [5.41, 5.74) is 1.11. The smallest absolute Gasteiger partial charge is 0.258 e. The van der Waals surface area contributed by atoms with E-state index in [-0.39, 0.29) is 18.6 Å². The van der Waals surface area contributed by atoms with Crippen molar-refractivity contribution >= 4 is 37.8 Å². The normalized spacial score (nSPS) is 10.5. The third kappa shape index (κ3) is 4.68. The zero-order chi connectivity index (χ0) is 13.0. The maximum atomic E-state index is 11.4. The van der Waals surface area contributed by atoms with Crippen LogP contribution >= 0.6 is 31.9 Å².